The summed E-state index contributed by atoms with van der Waals surface area (Å²) in [5.74, 6) is 0.746. The van der Waals surface area contributed by atoms with Crippen molar-refractivity contribution in [2.45, 2.75) is 6.54 Å². The Balaban J connectivity index is 1.35. The Bertz CT molecular complexity index is 1240. The number of amides is 1. The number of aromatic nitrogens is 4. The van der Waals surface area contributed by atoms with E-state index < -0.39 is 0 Å². The van der Waals surface area contributed by atoms with Gasteiger partial charge in [0.1, 0.15) is 6.54 Å². The maximum Gasteiger partial charge on any atom is 0.244 e. The van der Waals surface area contributed by atoms with Crippen LogP contribution in [0.1, 0.15) is 0 Å². The van der Waals surface area contributed by atoms with Crippen molar-refractivity contribution in [1.29, 1.82) is 0 Å². The van der Waals surface area contributed by atoms with Crippen molar-refractivity contribution in [3.05, 3.63) is 84.1 Å². The van der Waals surface area contributed by atoms with Gasteiger partial charge in [-0.2, -0.15) is 5.10 Å². The second-order valence-corrected chi connectivity index (χ2v) is 8.30. The van der Waals surface area contributed by atoms with Crippen molar-refractivity contribution in [2.24, 2.45) is 0 Å². The highest BCUT2D eigenvalue weighted by molar-refractivity contribution is 6.30. The fraction of sp³-hybridized carbons (Fsp3) is 0.200. The maximum atomic E-state index is 13.2. The number of piperazine rings is 1. The van der Waals surface area contributed by atoms with E-state index in [4.69, 9.17) is 16.7 Å². The molecule has 0 saturated carbocycles. The first-order chi connectivity index (χ1) is 16.2. The molecule has 0 unspecified atom stereocenters. The molecule has 3 heterocycles. The Labute approximate surface area is 197 Å². The summed E-state index contributed by atoms with van der Waals surface area (Å²) in [5, 5.41) is 5.43. The molecule has 2 aromatic carbocycles. The Hall–Kier alpha value is -3.71. The second kappa shape index (κ2) is 9.42. The molecule has 166 valence electrons. The minimum Gasteiger partial charge on any atom is -0.338 e. The summed E-state index contributed by atoms with van der Waals surface area (Å²) in [4.78, 5) is 25.8. The van der Waals surface area contributed by atoms with E-state index in [2.05, 4.69) is 14.9 Å². The fourth-order valence-electron chi connectivity index (χ4n) is 4.01. The second-order valence-electron chi connectivity index (χ2n) is 7.87. The van der Waals surface area contributed by atoms with E-state index in [1.165, 1.54) is 0 Å². The van der Waals surface area contributed by atoms with Crippen LogP contribution in [0.5, 0.6) is 0 Å². The van der Waals surface area contributed by atoms with Gasteiger partial charge in [0.05, 0.1) is 11.4 Å². The van der Waals surface area contributed by atoms with Crippen molar-refractivity contribution >= 4 is 23.5 Å². The van der Waals surface area contributed by atoms with Crippen LogP contribution >= 0.6 is 11.6 Å². The first-order valence-corrected chi connectivity index (χ1v) is 11.2. The summed E-state index contributed by atoms with van der Waals surface area (Å²) in [6.45, 7) is 2.83. The topological polar surface area (TPSA) is 67.2 Å². The molecule has 8 heteroatoms. The summed E-state index contributed by atoms with van der Waals surface area (Å²) < 4.78 is 1.79. The fourth-order valence-corrected chi connectivity index (χ4v) is 4.20. The minimum atomic E-state index is 0.0431. The van der Waals surface area contributed by atoms with E-state index in [1.807, 2.05) is 65.6 Å². The molecule has 5 rings (SSSR count). The Kier molecular flexibility index (Phi) is 6.04. The van der Waals surface area contributed by atoms with Crippen LogP contribution < -0.4 is 4.90 Å². The van der Waals surface area contributed by atoms with Crippen molar-refractivity contribution in [3.63, 3.8) is 0 Å². The third kappa shape index (κ3) is 4.73. The van der Waals surface area contributed by atoms with Gasteiger partial charge in [-0.05, 0) is 29.8 Å². The molecular weight excluding hydrogens is 436 g/mol. The average Bonchev–Trinajstić information content (AvgIpc) is 3.29. The van der Waals surface area contributed by atoms with Crippen LogP contribution in [0.15, 0.2) is 79.1 Å². The summed E-state index contributed by atoms with van der Waals surface area (Å²) in [6.07, 6.45) is 3.47. The van der Waals surface area contributed by atoms with Crippen molar-refractivity contribution < 1.29 is 4.79 Å². The largest absolute Gasteiger partial charge is 0.338 e. The molecule has 4 aromatic rings. The molecule has 0 radical (unpaired) electrons. The summed E-state index contributed by atoms with van der Waals surface area (Å²) >= 11 is 6.19. The van der Waals surface area contributed by atoms with E-state index in [0.717, 1.165) is 22.5 Å². The van der Waals surface area contributed by atoms with Crippen LogP contribution in [0.3, 0.4) is 0 Å². The number of nitrogens with zero attached hydrogens (tertiary/aromatic N) is 6. The smallest absolute Gasteiger partial charge is 0.244 e. The molecule has 1 aliphatic heterocycles. The van der Waals surface area contributed by atoms with E-state index in [-0.39, 0.29) is 12.5 Å². The molecule has 0 spiro atoms. The first-order valence-electron chi connectivity index (χ1n) is 10.9. The SMILES string of the molecule is O=C(Cn1nc(-c2cccc(Cl)c2)cc1-c1ccccc1)N1CCN(c2ncccn2)CC1. The van der Waals surface area contributed by atoms with Gasteiger partial charge in [-0.3, -0.25) is 9.48 Å². The zero-order chi connectivity index (χ0) is 22.6. The molecule has 1 aliphatic rings. The van der Waals surface area contributed by atoms with Gasteiger partial charge in [-0.15, -0.1) is 0 Å². The molecule has 0 N–H and O–H groups in total. The molecule has 1 fully saturated rings. The predicted octanol–water partition coefficient (Wildman–Crippen LogP) is 4.01. The lowest BCUT2D eigenvalue weighted by molar-refractivity contribution is -0.132. The van der Waals surface area contributed by atoms with Crippen LogP contribution in [0.2, 0.25) is 5.02 Å². The van der Waals surface area contributed by atoms with E-state index in [0.29, 0.717) is 37.1 Å². The predicted molar refractivity (Wildman–Crippen MR) is 129 cm³/mol. The third-order valence-corrected chi connectivity index (χ3v) is 5.96. The number of hydrogen-bond acceptors (Lipinski definition) is 5. The zero-order valence-electron chi connectivity index (χ0n) is 18.0. The maximum absolute atomic E-state index is 13.2. The highest BCUT2D eigenvalue weighted by Crippen LogP contribution is 2.28. The normalized spacial score (nSPS) is 13.8. The van der Waals surface area contributed by atoms with Gasteiger partial charge in [0, 0.05) is 49.2 Å². The van der Waals surface area contributed by atoms with Crippen LogP contribution in [0.25, 0.3) is 22.5 Å². The van der Waals surface area contributed by atoms with Crippen LogP contribution in [0.4, 0.5) is 5.95 Å². The van der Waals surface area contributed by atoms with Gasteiger partial charge < -0.3 is 9.80 Å². The minimum absolute atomic E-state index is 0.0431. The monoisotopic (exact) mass is 458 g/mol. The van der Waals surface area contributed by atoms with Gasteiger partial charge in [0.2, 0.25) is 11.9 Å². The van der Waals surface area contributed by atoms with Crippen LogP contribution in [0, 0.1) is 0 Å². The quantitative estimate of drug-likeness (QED) is 0.452. The summed E-state index contributed by atoms with van der Waals surface area (Å²) in [6, 6.07) is 21.4. The van der Waals surface area contributed by atoms with Gasteiger partial charge in [-0.25, -0.2) is 9.97 Å². The molecule has 1 amide bonds. The highest BCUT2D eigenvalue weighted by atomic mass is 35.5. The molecule has 2 aromatic heterocycles. The summed E-state index contributed by atoms with van der Waals surface area (Å²) in [7, 11) is 0. The van der Waals surface area contributed by atoms with E-state index in [9.17, 15) is 4.79 Å². The third-order valence-electron chi connectivity index (χ3n) is 5.72. The zero-order valence-corrected chi connectivity index (χ0v) is 18.8. The number of hydrogen-bond donors (Lipinski definition) is 0. The van der Waals surface area contributed by atoms with Crippen molar-refractivity contribution in [3.8, 4) is 22.5 Å². The van der Waals surface area contributed by atoms with E-state index >= 15 is 0 Å². The number of halogens is 1. The molecule has 0 aliphatic carbocycles. The first kappa shape index (κ1) is 21.2. The summed E-state index contributed by atoms with van der Waals surface area (Å²) in [5.41, 5.74) is 3.62. The van der Waals surface area contributed by atoms with E-state index in [1.54, 1.807) is 23.1 Å². The number of anilines is 1. The number of carbonyl (C=O) groups excluding carboxylic acids is 1. The lowest BCUT2D eigenvalue weighted by atomic mass is 10.1. The van der Waals surface area contributed by atoms with Gasteiger partial charge in [0.15, 0.2) is 0 Å². The molecule has 33 heavy (non-hydrogen) atoms. The molecular formula is C25H23ClN6O. The lowest BCUT2D eigenvalue weighted by Crippen LogP contribution is -2.50. The van der Waals surface area contributed by atoms with Crippen LogP contribution in [-0.4, -0.2) is 56.7 Å². The lowest BCUT2D eigenvalue weighted by Gasteiger charge is -2.34. The molecule has 0 bridgehead atoms. The van der Waals surface area contributed by atoms with Crippen molar-refractivity contribution in [1.82, 2.24) is 24.6 Å². The number of benzene rings is 2. The Morgan fingerprint density at radius 3 is 2.30 bits per heavy atom. The van der Waals surface area contributed by atoms with Gasteiger partial charge in [0.25, 0.3) is 0 Å². The Morgan fingerprint density at radius 1 is 0.848 bits per heavy atom. The van der Waals surface area contributed by atoms with Crippen molar-refractivity contribution in [2.75, 3.05) is 31.1 Å². The molecule has 7 nitrogen and oxygen atoms in total. The average molecular weight is 459 g/mol. The molecule has 1 saturated heterocycles. The standard InChI is InChI=1S/C25H23ClN6O/c26-21-9-4-8-20(16-21)22-17-23(19-6-2-1-3-7-19)32(29-22)18-24(33)30-12-14-31(15-13-30)25-27-10-5-11-28-25/h1-11,16-17H,12-15,18H2. The Morgan fingerprint density at radius 2 is 1.58 bits per heavy atom. The number of carbonyl (C=O) groups is 1. The molecule has 0 atom stereocenters. The van der Waals surface area contributed by atoms with Crippen LogP contribution in [-0.2, 0) is 11.3 Å². The highest BCUT2D eigenvalue weighted by Gasteiger charge is 2.24. The number of rotatable bonds is 5. The van der Waals surface area contributed by atoms with Gasteiger partial charge >= 0.3 is 0 Å². The van der Waals surface area contributed by atoms with Gasteiger partial charge in [-0.1, -0.05) is 54.1 Å².